The summed E-state index contributed by atoms with van der Waals surface area (Å²) in [4.78, 5) is 0. The molecular formula is C13H15N3O2. The van der Waals surface area contributed by atoms with E-state index in [0.29, 0.717) is 6.79 Å². The van der Waals surface area contributed by atoms with Crippen LogP contribution in [-0.2, 0) is 6.54 Å². The van der Waals surface area contributed by atoms with E-state index in [9.17, 15) is 0 Å². The summed E-state index contributed by atoms with van der Waals surface area (Å²) in [5.41, 5.74) is 2.25. The number of hydrogen-bond acceptors (Lipinski definition) is 4. The Labute approximate surface area is 105 Å². The Morgan fingerprint density at radius 1 is 1.33 bits per heavy atom. The second-order valence-electron chi connectivity index (χ2n) is 4.30. The molecule has 0 spiro atoms. The normalized spacial score (nSPS) is 14.7. The first-order chi connectivity index (χ1) is 8.83. The van der Waals surface area contributed by atoms with Crippen molar-refractivity contribution in [3.63, 3.8) is 0 Å². The van der Waals surface area contributed by atoms with Crippen LogP contribution >= 0.6 is 0 Å². The lowest BCUT2D eigenvalue weighted by molar-refractivity contribution is 0.174. The van der Waals surface area contributed by atoms with Gasteiger partial charge in [-0.05, 0) is 30.7 Å². The summed E-state index contributed by atoms with van der Waals surface area (Å²) in [5, 5.41) is 10.3. The number of rotatable bonds is 4. The molecule has 18 heavy (non-hydrogen) atoms. The Balaban J connectivity index is 1.67. The zero-order valence-electron chi connectivity index (χ0n) is 10.1. The highest BCUT2D eigenvalue weighted by molar-refractivity contribution is 5.45. The van der Waals surface area contributed by atoms with Crippen LogP contribution in [0.4, 0.5) is 0 Å². The molecule has 1 unspecified atom stereocenters. The minimum Gasteiger partial charge on any atom is -0.454 e. The lowest BCUT2D eigenvalue weighted by Gasteiger charge is -2.14. The number of hydrogen-bond donors (Lipinski definition) is 2. The molecular weight excluding hydrogens is 230 g/mol. The minimum atomic E-state index is 0.239. The molecule has 0 saturated heterocycles. The van der Waals surface area contributed by atoms with Crippen molar-refractivity contribution in [1.29, 1.82) is 0 Å². The molecule has 94 valence electrons. The zero-order valence-corrected chi connectivity index (χ0v) is 10.1. The van der Waals surface area contributed by atoms with Crippen molar-refractivity contribution in [1.82, 2.24) is 15.5 Å². The van der Waals surface area contributed by atoms with Crippen LogP contribution in [0.5, 0.6) is 11.5 Å². The van der Waals surface area contributed by atoms with Gasteiger partial charge in [-0.15, -0.1) is 0 Å². The molecule has 1 atom stereocenters. The number of benzene rings is 1. The van der Waals surface area contributed by atoms with Crippen LogP contribution in [0, 0.1) is 0 Å². The quantitative estimate of drug-likeness (QED) is 0.864. The molecule has 0 radical (unpaired) electrons. The smallest absolute Gasteiger partial charge is 0.231 e. The average Bonchev–Trinajstić information content (AvgIpc) is 3.05. The molecule has 1 aliphatic heterocycles. The summed E-state index contributed by atoms with van der Waals surface area (Å²) in [7, 11) is 0. The number of nitrogens with one attached hydrogen (secondary N) is 2. The van der Waals surface area contributed by atoms with Gasteiger partial charge >= 0.3 is 0 Å². The topological polar surface area (TPSA) is 59.2 Å². The predicted octanol–water partition coefficient (Wildman–Crippen LogP) is 1.99. The van der Waals surface area contributed by atoms with E-state index in [1.165, 1.54) is 5.56 Å². The van der Waals surface area contributed by atoms with Gasteiger partial charge in [-0.2, -0.15) is 5.10 Å². The first-order valence-electron chi connectivity index (χ1n) is 5.94. The Morgan fingerprint density at radius 2 is 2.22 bits per heavy atom. The van der Waals surface area contributed by atoms with Crippen molar-refractivity contribution in [2.75, 3.05) is 6.79 Å². The van der Waals surface area contributed by atoms with Gasteiger partial charge in [-0.25, -0.2) is 0 Å². The monoisotopic (exact) mass is 245 g/mol. The molecule has 2 N–H and O–H groups in total. The molecule has 1 aromatic heterocycles. The number of fused-ring (bicyclic) bond motifs is 1. The van der Waals surface area contributed by atoms with E-state index < -0.39 is 0 Å². The van der Waals surface area contributed by atoms with Crippen molar-refractivity contribution in [2.24, 2.45) is 0 Å². The molecule has 2 heterocycles. The molecule has 0 fully saturated rings. The molecule has 0 amide bonds. The standard InChI is InChI=1S/C13H15N3O2/c1-9(14-7-11-4-5-15-16-11)10-2-3-12-13(6-10)18-8-17-12/h2-6,9,14H,7-8H2,1H3,(H,15,16). The van der Waals surface area contributed by atoms with Gasteiger partial charge < -0.3 is 14.8 Å². The van der Waals surface area contributed by atoms with Crippen LogP contribution in [0.25, 0.3) is 0 Å². The van der Waals surface area contributed by atoms with Crippen molar-refractivity contribution < 1.29 is 9.47 Å². The third-order valence-corrected chi connectivity index (χ3v) is 3.05. The number of H-pyrrole nitrogens is 1. The molecule has 3 rings (SSSR count). The van der Waals surface area contributed by atoms with E-state index in [-0.39, 0.29) is 6.04 Å². The van der Waals surface area contributed by atoms with Gasteiger partial charge in [0.1, 0.15) is 0 Å². The van der Waals surface area contributed by atoms with Crippen LogP contribution in [-0.4, -0.2) is 17.0 Å². The number of ether oxygens (including phenoxy) is 2. The van der Waals surface area contributed by atoms with E-state index in [1.807, 2.05) is 18.2 Å². The molecule has 0 aliphatic carbocycles. The average molecular weight is 245 g/mol. The van der Waals surface area contributed by atoms with Gasteiger partial charge in [0.25, 0.3) is 0 Å². The third-order valence-electron chi connectivity index (χ3n) is 3.05. The summed E-state index contributed by atoms with van der Waals surface area (Å²) >= 11 is 0. The summed E-state index contributed by atoms with van der Waals surface area (Å²) in [6.45, 7) is 3.19. The summed E-state index contributed by atoms with van der Waals surface area (Å²) in [6, 6.07) is 8.22. The molecule has 2 aromatic rings. The van der Waals surface area contributed by atoms with E-state index in [2.05, 4.69) is 28.5 Å². The Morgan fingerprint density at radius 3 is 3.06 bits per heavy atom. The highest BCUT2D eigenvalue weighted by atomic mass is 16.7. The number of nitrogens with zero attached hydrogens (tertiary/aromatic N) is 1. The highest BCUT2D eigenvalue weighted by Gasteiger charge is 2.15. The van der Waals surface area contributed by atoms with Gasteiger partial charge in [0.05, 0.1) is 0 Å². The van der Waals surface area contributed by atoms with Gasteiger partial charge in [0.15, 0.2) is 11.5 Å². The van der Waals surface area contributed by atoms with Gasteiger partial charge in [-0.1, -0.05) is 6.07 Å². The lowest BCUT2D eigenvalue weighted by Crippen LogP contribution is -2.18. The Bertz CT molecular complexity index is 525. The Hall–Kier alpha value is -2.01. The number of aromatic amines is 1. The van der Waals surface area contributed by atoms with E-state index in [0.717, 1.165) is 23.7 Å². The Kier molecular flexibility index (Phi) is 2.90. The van der Waals surface area contributed by atoms with Crippen molar-refractivity contribution >= 4 is 0 Å². The summed E-state index contributed by atoms with van der Waals surface area (Å²) in [6.07, 6.45) is 1.75. The van der Waals surface area contributed by atoms with Gasteiger partial charge in [-0.3, -0.25) is 5.10 Å². The third kappa shape index (κ3) is 2.17. The summed E-state index contributed by atoms with van der Waals surface area (Å²) in [5.74, 6) is 1.64. The van der Waals surface area contributed by atoms with E-state index >= 15 is 0 Å². The van der Waals surface area contributed by atoms with Crippen LogP contribution in [0.1, 0.15) is 24.2 Å². The fourth-order valence-electron chi connectivity index (χ4n) is 1.95. The fraction of sp³-hybridized carbons (Fsp3) is 0.308. The largest absolute Gasteiger partial charge is 0.454 e. The van der Waals surface area contributed by atoms with Crippen molar-refractivity contribution in [3.8, 4) is 11.5 Å². The molecule has 5 nitrogen and oxygen atoms in total. The second kappa shape index (κ2) is 4.70. The molecule has 5 heteroatoms. The first-order valence-corrected chi connectivity index (χ1v) is 5.94. The van der Waals surface area contributed by atoms with Crippen molar-refractivity contribution in [2.45, 2.75) is 19.5 Å². The zero-order chi connectivity index (χ0) is 12.4. The van der Waals surface area contributed by atoms with E-state index in [1.54, 1.807) is 6.20 Å². The van der Waals surface area contributed by atoms with Gasteiger partial charge in [0, 0.05) is 24.5 Å². The maximum Gasteiger partial charge on any atom is 0.231 e. The molecule has 0 bridgehead atoms. The van der Waals surface area contributed by atoms with Crippen molar-refractivity contribution in [3.05, 3.63) is 41.7 Å². The molecule has 1 aromatic carbocycles. The van der Waals surface area contributed by atoms with Crippen LogP contribution < -0.4 is 14.8 Å². The second-order valence-corrected chi connectivity index (χ2v) is 4.30. The maximum absolute atomic E-state index is 5.37. The maximum atomic E-state index is 5.37. The number of aromatic nitrogens is 2. The fourth-order valence-corrected chi connectivity index (χ4v) is 1.95. The van der Waals surface area contributed by atoms with E-state index in [4.69, 9.17) is 9.47 Å². The minimum absolute atomic E-state index is 0.239. The SMILES string of the molecule is CC(NCc1ccn[nH]1)c1ccc2c(c1)OCO2. The van der Waals surface area contributed by atoms with Crippen LogP contribution in [0.3, 0.4) is 0 Å². The van der Waals surface area contributed by atoms with Crippen LogP contribution in [0.15, 0.2) is 30.5 Å². The predicted molar refractivity (Wildman–Crippen MR) is 66.4 cm³/mol. The summed E-state index contributed by atoms with van der Waals surface area (Å²) < 4.78 is 10.7. The first kappa shape index (κ1) is 11.1. The highest BCUT2D eigenvalue weighted by Crippen LogP contribution is 2.34. The lowest BCUT2D eigenvalue weighted by atomic mass is 10.1. The van der Waals surface area contributed by atoms with Crippen LogP contribution in [0.2, 0.25) is 0 Å². The molecule has 0 saturated carbocycles. The van der Waals surface area contributed by atoms with Gasteiger partial charge in [0.2, 0.25) is 6.79 Å². The molecule has 1 aliphatic rings.